The monoisotopic (exact) mass is 327 g/mol. The fourth-order valence-corrected chi connectivity index (χ4v) is 2.85. The van der Waals surface area contributed by atoms with Crippen LogP contribution in [0.4, 0.5) is 5.69 Å². The van der Waals surface area contributed by atoms with E-state index in [1.165, 1.54) is 0 Å². The summed E-state index contributed by atoms with van der Waals surface area (Å²) in [4.78, 5) is 23.5. The van der Waals surface area contributed by atoms with Crippen molar-refractivity contribution in [3.8, 4) is 0 Å². The van der Waals surface area contributed by atoms with Gasteiger partial charge < -0.3 is 0 Å². The first-order chi connectivity index (χ1) is 9.90. The van der Waals surface area contributed by atoms with Gasteiger partial charge in [0.1, 0.15) is 0 Å². The van der Waals surface area contributed by atoms with E-state index in [1.807, 2.05) is 4.83 Å². The number of carbonyl (C=O) groups is 1. The summed E-state index contributed by atoms with van der Waals surface area (Å²) >= 11 is 1.16. The van der Waals surface area contributed by atoms with Crippen LogP contribution in [0.2, 0.25) is 0 Å². The maximum absolute atomic E-state index is 11.9. The van der Waals surface area contributed by atoms with Gasteiger partial charge in [-0.05, 0) is 23.6 Å². The second kappa shape index (κ2) is 5.99. The Kier molecular flexibility index (Phi) is 4.31. The molecule has 10 heteroatoms. The van der Waals surface area contributed by atoms with E-state index in [1.54, 1.807) is 17.5 Å². The van der Waals surface area contributed by atoms with Crippen LogP contribution in [0.5, 0.6) is 0 Å². The fraction of sp³-hybridized carbons (Fsp3) is 0. The summed E-state index contributed by atoms with van der Waals surface area (Å²) in [5, 5.41) is 12.2. The molecule has 1 aromatic heterocycles. The molecule has 0 saturated heterocycles. The largest absolute Gasteiger partial charge is 0.276 e. The summed E-state index contributed by atoms with van der Waals surface area (Å²) in [5.74, 6) is -0.588. The third-order valence-electron chi connectivity index (χ3n) is 2.40. The van der Waals surface area contributed by atoms with Crippen molar-refractivity contribution in [3.63, 3.8) is 0 Å². The molecule has 110 valence electrons. The van der Waals surface area contributed by atoms with Crippen molar-refractivity contribution >= 4 is 33.0 Å². The highest BCUT2D eigenvalue weighted by atomic mass is 32.2. The molecule has 0 aliphatic heterocycles. The van der Waals surface area contributed by atoms with Crippen LogP contribution in [0.15, 0.2) is 46.7 Å². The molecule has 1 amide bonds. The summed E-state index contributed by atoms with van der Waals surface area (Å²) < 4.78 is 23.8. The van der Waals surface area contributed by atoms with Crippen LogP contribution in [0, 0.1) is 10.1 Å². The second-order valence-electron chi connectivity index (χ2n) is 3.79. The summed E-state index contributed by atoms with van der Waals surface area (Å²) in [7, 11) is -3.99. The van der Waals surface area contributed by atoms with Crippen LogP contribution in [-0.4, -0.2) is 19.2 Å². The Labute approximate surface area is 123 Å². The zero-order valence-corrected chi connectivity index (χ0v) is 12.0. The Hall–Kier alpha value is -2.30. The molecule has 0 aliphatic carbocycles. The van der Waals surface area contributed by atoms with Crippen LogP contribution >= 0.6 is 11.3 Å². The number of benzene rings is 1. The van der Waals surface area contributed by atoms with E-state index in [0.717, 1.165) is 35.6 Å². The van der Waals surface area contributed by atoms with E-state index >= 15 is 0 Å². The van der Waals surface area contributed by atoms with Crippen LogP contribution in [0.1, 0.15) is 9.67 Å². The maximum atomic E-state index is 11.9. The van der Waals surface area contributed by atoms with Crippen molar-refractivity contribution in [1.29, 1.82) is 0 Å². The van der Waals surface area contributed by atoms with E-state index in [9.17, 15) is 23.3 Å². The molecule has 0 bridgehead atoms. The quantitative estimate of drug-likeness (QED) is 0.633. The number of carbonyl (C=O) groups excluding carboxylic acids is 1. The van der Waals surface area contributed by atoms with Gasteiger partial charge in [-0.2, -0.15) is 0 Å². The fourth-order valence-electron chi connectivity index (χ4n) is 1.39. The summed E-state index contributed by atoms with van der Waals surface area (Å²) in [6.07, 6.45) is 0. The molecule has 0 unspecified atom stereocenters. The molecule has 1 aromatic carbocycles. The molecule has 1 heterocycles. The van der Waals surface area contributed by atoms with Gasteiger partial charge >= 0.3 is 0 Å². The predicted molar refractivity (Wildman–Crippen MR) is 75.2 cm³/mol. The van der Waals surface area contributed by atoms with Crippen molar-refractivity contribution < 1.29 is 18.1 Å². The lowest BCUT2D eigenvalue weighted by Gasteiger charge is -2.07. The van der Waals surface area contributed by atoms with Crippen molar-refractivity contribution in [3.05, 3.63) is 56.8 Å². The number of thiophene rings is 1. The van der Waals surface area contributed by atoms with E-state index in [0.29, 0.717) is 4.88 Å². The number of nitro groups is 1. The Morgan fingerprint density at radius 1 is 1.19 bits per heavy atom. The van der Waals surface area contributed by atoms with Gasteiger partial charge in [0.05, 0.1) is 14.7 Å². The van der Waals surface area contributed by atoms with Crippen molar-refractivity contribution in [2.24, 2.45) is 0 Å². The number of nitro benzene ring substituents is 1. The van der Waals surface area contributed by atoms with E-state index < -0.39 is 20.9 Å². The number of hydrogen-bond acceptors (Lipinski definition) is 6. The minimum absolute atomic E-state index is 0.195. The SMILES string of the molecule is O=C(NNS(=O)(=O)c1ccc([N+](=O)[O-])cc1)c1cccs1. The predicted octanol–water partition coefficient (Wildman–Crippen LogP) is 1.28. The van der Waals surface area contributed by atoms with Gasteiger partial charge in [0.25, 0.3) is 21.6 Å². The number of sulfonamides is 1. The Morgan fingerprint density at radius 3 is 2.38 bits per heavy atom. The Balaban J connectivity index is 2.08. The zero-order chi connectivity index (χ0) is 15.5. The molecule has 0 atom stereocenters. The lowest BCUT2D eigenvalue weighted by Crippen LogP contribution is -2.41. The van der Waals surface area contributed by atoms with Gasteiger partial charge in [-0.25, -0.2) is 8.42 Å². The highest BCUT2D eigenvalue weighted by molar-refractivity contribution is 7.89. The highest BCUT2D eigenvalue weighted by Gasteiger charge is 2.17. The van der Waals surface area contributed by atoms with Gasteiger partial charge in [0, 0.05) is 12.1 Å². The number of nitrogens with zero attached hydrogens (tertiary/aromatic N) is 1. The minimum atomic E-state index is -3.99. The molecule has 0 saturated carbocycles. The molecule has 21 heavy (non-hydrogen) atoms. The molecule has 0 spiro atoms. The van der Waals surface area contributed by atoms with Crippen LogP contribution in [0.3, 0.4) is 0 Å². The third kappa shape index (κ3) is 3.62. The molecule has 2 rings (SSSR count). The number of hydrogen-bond donors (Lipinski definition) is 2. The first-order valence-electron chi connectivity index (χ1n) is 5.50. The number of non-ortho nitro benzene ring substituents is 1. The van der Waals surface area contributed by atoms with Gasteiger partial charge in [0.15, 0.2) is 0 Å². The summed E-state index contributed by atoms with van der Waals surface area (Å²) in [6.45, 7) is 0. The average Bonchev–Trinajstić information content (AvgIpc) is 2.99. The van der Waals surface area contributed by atoms with E-state index in [2.05, 4.69) is 5.43 Å². The van der Waals surface area contributed by atoms with Gasteiger partial charge in [0.2, 0.25) is 0 Å². The smallest absolute Gasteiger partial charge is 0.273 e. The Bertz CT molecular complexity index is 754. The van der Waals surface area contributed by atoms with E-state index in [-0.39, 0.29) is 10.6 Å². The molecule has 2 aromatic rings. The van der Waals surface area contributed by atoms with Crippen molar-refractivity contribution in [1.82, 2.24) is 10.3 Å². The molecule has 0 aliphatic rings. The minimum Gasteiger partial charge on any atom is -0.273 e. The molecular formula is C11H9N3O5S2. The summed E-state index contributed by atoms with van der Waals surface area (Å²) in [5.41, 5.74) is 1.84. The lowest BCUT2D eigenvalue weighted by atomic mass is 10.3. The van der Waals surface area contributed by atoms with Crippen LogP contribution in [-0.2, 0) is 10.0 Å². The summed E-state index contributed by atoms with van der Waals surface area (Å²) in [6, 6.07) is 7.49. The molecule has 0 fully saturated rings. The standard InChI is InChI=1S/C11H9N3O5S2/c15-11(10-2-1-7-20-10)12-13-21(18,19)9-5-3-8(4-6-9)14(16)17/h1-7,13H,(H,12,15). The van der Waals surface area contributed by atoms with Gasteiger partial charge in [-0.3, -0.25) is 20.3 Å². The van der Waals surface area contributed by atoms with Crippen LogP contribution in [0.25, 0.3) is 0 Å². The molecule has 0 radical (unpaired) electrons. The first-order valence-corrected chi connectivity index (χ1v) is 7.86. The molecule has 8 nitrogen and oxygen atoms in total. The highest BCUT2D eigenvalue weighted by Crippen LogP contribution is 2.15. The molecular weight excluding hydrogens is 318 g/mol. The average molecular weight is 327 g/mol. The van der Waals surface area contributed by atoms with Gasteiger partial charge in [-0.1, -0.05) is 6.07 Å². The normalized spacial score (nSPS) is 11.0. The van der Waals surface area contributed by atoms with Gasteiger partial charge in [-0.15, -0.1) is 16.2 Å². The zero-order valence-electron chi connectivity index (χ0n) is 10.3. The number of hydrazine groups is 1. The second-order valence-corrected chi connectivity index (χ2v) is 6.42. The third-order valence-corrected chi connectivity index (χ3v) is 4.53. The first kappa shape index (κ1) is 15.1. The molecule has 2 N–H and O–H groups in total. The number of amides is 1. The number of rotatable bonds is 5. The topological polar surface area (TPSA) is 118 Å². The maximum Gasteiger partial charge on any atom is 0.276 e. The van der Waals surface area contributed by atoms with Crippen LogP contribution < -0.4 is 10.3 Å². The number of nitrogens with one attached hydrogen (secondary N) is 2. The van der Waals surface area contributed by atoms with Crippen molar-refractivity contribution in [2.75, 3.05) is 0 Å². The van der Waals surface area contributed by atoms with Crippen molar-refractivity contribution in [2.45, 2.75) is 4.90 Å². The lowest BCUT2D eigenvalue weighted by molar-refractivity contribution is -0.384. The van der Waals surface area contributed by atoms with E-state index in [4.69, 9.17) is 0 Å². The Morgan fingerprint density at radius 2 is 1.86 bits per heavy atom.